The first-order chi connectivity index (χ1) is 8.19. The summed E-state index contributed by atoms with van der Waals surface area (Å²) in [6.45, 7) is 0. The number of carboxylic acids is 1. The largest absolute Gasteiger partial charge is 0.497 e. The molecular weight excluding hydrogens is 222 g/mol. The minimum atomic E-state index is -1.09. The van der Waals surface area contributed by atoms with E-state index in [2.05, 4.69) is 5.32 Å². The van der Waals surface area contributed by atoms with E-state index in [1.54, 1.807) is 19.2 Å². The van der Waals surface area contributed by atoms with Gasteiger partial charge in [0, 0.05) is 17.8 Å². The van der Waals surface area contributed by atoms with Gasteiger partial charge < -0.3 is 19.6 Å². The number of carboxylic acid groups (broad SMARTS) is 1. The average Bonchev–Trinajstić information content (AvgIpc) is 2.78. The molecule has 1 aromatic heterocycles. The first-order valence-electron chi connectivity index (χ1n) is 4.93. The van der Waals surface area contributed by atoms with Crippen molar-refractivity contribution in [2.24, 2.45) is 0 Å². The number of hydrogen-bond acceptors (Lipinski definition) is 4. The van der Waals surface area contributed by atoms with Crippen LogP contribution >= 0.6 is 0 Å². The van der Waals surface area contributed by atoms with E-state index in [0.717, 1.165) is 5.69 Å². The van der Waals surface area contributed by atoms with Crippen LogP contribution in [0, 0.1) is 0 Å². The Bertz CT molecular complexity index is 533. The summed E-state index contributed by atoms with van der Waals surface area (Å²) >= 11 is 0. The second-order valence-corrected chi connectivity index (χ2v) is 3.33. The lowest BCUT2D eigenvalue weighted by molar-refractivity contribution is 0.0663. The molecule has 2 N–H and O–H groups in total. The van der Waals surface area contributed by atoms with Crippen LogP contribution in [-0.2, 0) is 0 Å². The molecule has 88 valence electrons. The van der Waals surface area contributed by atoms with Crippen LogP contribution in [0.5, 0.6) is 5.75 Å². The number of carbonyl (C=O) groups is 1. The van der Waals surface area contributed by atoms with Gasteiger partial charge >= 0.3 is 5.97 Å². The van der Waals surface area contributed by atoms with Crippen LogP contribution in [0.3, 0.4) is 0 Å². The lowest BCUT2D eigenvalue weighted by atomic mass is 10.3. The minimum absolute atomic E-state index is 0.101. The molecule has 0 aliphatic carbocycles. The quantitative estimate of drug-likeness (QED) is 0.849. The number of nitrogens with one attached hydrogen (secondary N) is 1. The fourth-order valence-corrected chi connectivity index (χ4v) is 1.36. The highest BCUT2D eigenvalue weighted by molar-refractivity contribution is 5.85. The SMILES string of the molecule is COc1cccc(Nc2ccc(C(=O)O)o2)c1. The number of anilines is 2. The standard InChI is InChI=1S/C12H11NO4/c1-16-9-4-2-3-8(7-9)13-11-6-5-10(17-11)12(14)15/h2-7,13H,1H3,(H,14,15). The number of furan rings is 1. The Labute approximate surface area is 97.6 Å². The molecule has 0 aliphatic rings. The number of ether oxygens (including phenoxy) is 1. The summed E-state index contributed by atoms with van der Waals surface area (Å²) in [6.07, 6.45) is 0. The topological polar surface area (TPSA) is 71.7 Å². The summed E-state index contributed by atoms with van der Waals surface area (Å²) in [6, 6.07) is 10.2. The molecule has 0 atom stereocenters. The molecule has 5 nitrogen and oxygen atoms in total. The van der Waals surface area contributed by atoms with Gasteiger partial charge in [0.1, 0.15) is 5.75 Å². The fraction of sp³-hybridized carbons (Fsp3) is 0.0833. The third-order valence-corrected chi connectivity index (χ3v) is 2.15. The van der Waals surface area contributed by atoms with Crippen molar-refractivity contribution in [3.63, 3.8) is 0 Å². The van der Waals surface area contributed by atoms with Crippen LogP contribution in [-0.4, -0.2) is 18.2 Å². The zero-order valence-electron chi connectivity index (χ0n) is 9.14. The number of hydrogen-bond donors (Lipinski definition) is 2. The number of methoxy groups -OCH3 is 1. The highest BCUT2D eigenvalue weighted by Crippen LogP contribution is 2.22. The van der Waals surface area contributed by atoms with Crippen molar-refractivity contribution in [3.05, 3.63) is 42.2 Å². The Morgan fingerprint density at radius 3 is 2.82 bits per heavy atom. The van der Waals surface area contributed by atoms with Crippen molar-refractivity contribution < 1.29 is 19.1 Å². The second kappa shape index (κ2) is 4.61. The lowest BCUT2D eigenvalue weighted by Gasteiger charge is -2.04. The van der Waals surface area contributed by atoms with Crippen LogP contribution in [0.15, 0.2) is 40.8 Å². The van der Waals surface area contributed by atoms with Crippen molar-refractivity contribution in [1.82, 2.24) is 0 Å². The smallest absolute Gasteiger partial charge is 0.371 e. The molecule has 0 amide bonds. The maximum Gasteiger partial charge on any atom is 0.371 e. The van der Waals surface area contributed by atoms with Crippen molar-refractivity contribution in [3.8, 4) is 5.75 Å². The second-order valence-electron chi connectivity index (χ2n) is 3.33. The number of aromatic carboxylic acids is 1. The van der Waals surface area contributed by atoms with E-state index in [0.29, 0.717) is 11.6 Å². The van der Waals surface area contributed by atoms with Crippen LogP contribution in [0.2, 0.25) is 0 Å². The molecule has 2 rings (SSSR count). The summed E-state index contributed by atoms with van der Waals surface area (Å²) < 4.78 is 10.1. The van der Waals surface area contributed by atoms with Gasteiger partial charge in [-0.1, -0.05) is 6.07 Å². The van der Waals surface area contributed by atoms with E-state index >= 15 is 0 Å². The van der Waals surface area contributed by atoms with Crippen LogP contribution in [0.1, 0.15) is 10.6 Å². The van der Waals surface area contributed by atoms with Gasteiger partial charge in [-0.25, -0.2) is 4.79 Å². The van der Waals surface area contributed by atoms with Gasteiger partial charge in [0.2, 0.25) is 5.76 Å². The summed E-state index contributed by atoms with van der Waals surface area (Å²) in [5.74, 6) is -0.116. The molecule has 0 radical (unpaired) electrons. The number of rotatable bonds is 4. The Morgan fingerprint density at radius 1 is 1.35 bits per heavy atom. The van der Waals surface area contributed by atoms with Crippen LogP contribution in [0.4, 0.5) is 11.6 Å². The van der Waals surface area contributed by atoms with Crippen molar-refractivity contribution in [2.45, 2.75) is 0 Å². The zero-order chi connectivity index (χ0) is 12.3. The summed E-state index contributed by atoms with van der Waals surface area (Å²) in [5.41, 5.74) is 0.760. The summed E-state index contributed by atoms with van der Waals surface area (Å²) in [4.78, 5) is 10.6. The summed E-state index contributed by atoms with van der Waals surface area (Å²) in [7, 11) is 1.58. The molecule has 1 heterocycles. The zero-order valence-corrected chi connectivity index (χ0v) is 9.14. The molecule has 0 aliphatic heterocycles. The molecule has 1 aromatic carbocycles. The molecular formula is C12H11NO4. The average molecular weight is 233 g/mol. The van der Waals surface area contributed by atoms with Crippen molar-refractivity contribution in [1.29, 1.82) is 0 Å². The maximum absolute atomic E-state index is 10.6. The lowest BCUT2D eigenvalue weighted by Crippen LogP contribution is -1.92. The van der Waals surface area contributed by atoms with E-state index in [-0.39, 0.29) is 5.76 Å². The molecule has 17 heavy (non-hydrogen) atoms. The highest BCUT2D eigenvalue weighted by atomic mass is 16.5. The Kier molecular flexibility index (Phi) is 3.00. The van der Waals surface area contributed by atoms with Crippen molar-refractivity contribution >= 4 is 17.5 Å². The van der Waals surface area contributed by atoms with Gasteiger partial charge in [0.05, 0.1) is 7.11 Å². The van der Waals surface area contributed by atoms with Gasteiger partial charge in [-0.2, -0.15) is 0 Å². The highest BCUT2D eigenvalue weighted by Gasteiger charge is 2.08. The van der Waals surface area contributed by atoms with Gasteiger partial charge in [-0.05, 0) is 18.2 Å². The van der Waals surface area contributed by atoms with Gasteiger partial charge in [-0.15, -0.1) is 0 Å². The van der Waals surface area contributed by atoms with E-state index in [9.17, 15) is 4.79 Å². The molecule has 0 saturated carbocycles. The van der Waals surface area contributed by atoms with E-state index in [1.807, 2.05) is 18.2 Å². The normalized spacial score (nSPS) is 9.94. The van der Waals surface area contributed by atoms with Crippen molar-refractivity contribution in [2.75, 3.05) is 12.4 Å². The minimum Gasteiger partial charge on any atom is -0.497 e. The predicted molar refractivity (Wildman–Crippen MR) is 61.9 cm³/mol. The first kappa shape index (κ1) is 11.1. The monoisotopic (exact) mass is 233 g/mol. The molecule has 5 heteroatoms. The third kappa shape index (κ3) is 2.57. The van der Waals surface area contributed by atoms with Gasteiger partial charge in [0.15, 0.2) is 5.88 Å². The number of benzene rings is 1. The van der Waals surface area contributed by atoms with E-state index in [1.165, 1.54) is 6.07 Å². The Hall–Kier alpha value is -2.43. The van der Waals surface area contributed by atoms with Gasteiger partial charge in [-0.3, -0.25) is 0 Å². The predicted octanol–water partition coefficient (Wildman–Crippen LogP) is 2.73. The molecule has 2 aromatic rings. The maximum atomic E-state index is 10.6. The first-order valence-corrected chi connectivity index (χ1v) is 4.93. The van der Waals surface area contributed by atoms with Crippen LogP contribution in [0.25, 0.3) is 0 Å². The van der Waals surface area contributed by atoms with Crippen LogP contribution < -0.4 is 10.1 Å². The third-order valence-electron chi connectivity index (χ3n) is 2.15. The Balaban J connectivity index is 2.16. The Morgan fingerprint density at radius 2 is 2.18 bits per heavy atom. The van der Waals surface area contributed by atoms with Gasteiger partial charge in [0.25, 0.3) is 0 Å². The molecule has 0 bridgehead atoms. The van der Waals surface area contributed by atoms with E-state index in [4.69, 9.17) is 14.3 Å². The van der Waals surface area contributed by atoms with E-state index < -0.39 is 5.97 Å². The summed E-state index contributed by atoms with van der Waals surface area (Å²) in [5, 5.41) is 11.6. The fourth-order valence-electron chi connectivity index (χ4n) is 1.36. The molecule has 0 fully saturated rings. The molecule has 0 unspecified atom stereocenters. The molecule has 0 saturated heterocycles. The molecule has 0 spiro atoms.